The lowest BCUT2D eigenvalue weighted by molar-refractivity contribution is 0.0697. The lowest BCUT2D eigenvalue weighted by Crippen LogP contribution is -2.33. The normalized spacial score (nSPS) is 17.0. The van der Waals surface area contributed by atoms with Gasteiger partial charge in [0.2, 0.25) is 0 Å². The second-order valence-corrected chi connectivity index (χ2v) is 5.23. The van der Waals surface area contributed by atoms with E-state index in [2.05, 4.69) is 9.80 Å². The van der Waals surface area contributed by atoms with Crippen LogP contribution in [0.1, 0.15) is 22.3 Å². The first-order chi connectivity index (χ1) is 9.61. The van der Waals surface area contributed by atoms with Crippen molar-refractivity contribution in [2.45, 2.75) is 13.3 Å². The van der Waals surface area contributed by atoms with Gasteiger partial charge in [0, 0.05) is 26.2 Å². The van der Waals surface area contributed by atoms with Gasteiger partial charge in [-0.2, -0.15) is 0 Å². The van der Waals surface area contributed by atoms with Gasteiger partial charge in [-0.25, -0.2) is 4.79 Å². The maximum atomic E-state index is 11.4. The van der Waals surface area contributed by atoms with E-state index in [9.17, 15) is 9.90 Å². The molecule has 0 bridgehead atoms. The topological polar surface area (TPSA) is 64.0 Å². The number of nitrogens with zero attached hydrogens (tertiary/aromatic N) is 2. The van der Waals surface area contributed by atoms with E-state index in [-0.39, 0.29) is 6.61 Å². The van der Waals surface area contributed by atoms with Crippen LogP contribution in [0.2, 0.25) is 0 Å². The van der Waals surface area contributed by atoms with Crippen LogP contribution < -0.4 is 4.90 Å². The average Bonchev–Trinajstić information content (AvgIpc) is 2.64. The number of hydrogen-bond acceptors (Lipinski definition) is 4. The van der Waals surface area contributed by atoms with Gasteiger partial charge in [-0.15, -0.1) is 0 Å². The van der Waals surface area contributed by atoms with Crippen molar-refractivity contribution < 1.29 is 15.0 Å². The number of hydrogen-bond donors (Lipinski definition) is 2. The summed E-state index contributed by atoms with van der Waals surface area (Å²) in [6.45, 7) is 6.29. The summed E-state index contributed by atoms with van der Waals surface area (Å²) in [6, 6.07) is 5.47. The molecule has 0 aromatic heterocycles. The second-order valence-electron chi connectivity index (χ2n) is 5.23. The molecule has 1 saturated heterocycles. The fourth-order valence-corrected chi connectivity index (χ4v) is 2.66. The monoisotopic (exact) mass is 278 g/mol. The van der Waals surface area contributed by atoms with E-state index in [1.165, 1.54) is 0 Å². The Kier molecular flexibility index (Phi) is 4.98. The lowest BCUT2D eigenvalue weighted by atomic mass is 10.1. The zero-order valence-corrected chi connectivity index (χ0v) is 11.9. The molecule has 5 heteroatoms. The standard InChI is InChI=1S/C15H22N2O3/c1-12-3-4-13(15(19)20)14(11-12)17-6-2-5-16(7-8-17)9-10-18/h3-4,11,18H,2,5-10H2,1H3,(H,19,20). The third-order valence-electron chi connectivity index (χ3n) is 3.73. The highest BCUT2D eigenvalue weighted by Crippen LogP contribution is 2.23. The summed E-state index contributed by atoms with van der Waals surface area (Å²) in [6.07, 6.45) is 0.979. The van der Waals surface area contributed by atoms with Crippen LogP contribution in [0, 0.1) is 6.92 Å². The fraction of sp³-hybridized carbons (Fsp3) is 0.533. The number of benzene rings is 1. The average molecular weight is 278 g/mol. The third-order valence-corrected chi connectivity index (χ3v) is 3.73. The van der Waals surface area contributed by atoms with E-state index in [1.54, 1.807) is 6.07 Å². The molecule has 1 aromatic rings. The summed E-state index contributed by atoms with van der Waals surface area (Å²) in [5.74, 6) is -0.878. The number of aromatic carboxylic acids is 1. The highest BCUT2D eigenvalue weighted by molar-refractivity contribution is 5.94. The smallest absolute Gasteiger partial charge is 0.337 e. The SMILES string of the molecule is Cc1ccc(C(=O)O)c(N2CCCN(CCO)CC2)c1. The number of aryl methyl sites for hydroxylation is 1. The van der Waals surface area contributed by atoms with E-state index >= 15 is 0 Å². The summed E-state index contributed by atoms with van der Waals surface area (Å²) in [5, 5.41) is 18.3. The number of aliphatic hydroxyl groups is 1. The molecule has 20 heavy (non-hydrogen) atoms. The first-order valence-corrected chi connectivity index (χ1v) is 7.04. The highest BCUT2D eigenvalue weighted by atomic mass is 16.4. The van der Waals surface area contributed by atoms with Crippen LogP contribution in [0.4, 0.5) is 5.69 Å². The van der Waals surface area contributed by atoms with Gasteiger partial charge < -0.3 is 15.1 Å². The number of β-amino-alcohol motifs (C(OH)–C–C–N with tert-alkyl or cyclic N) is 1. The number of carboxylic acids is 1. The molecule has 110 valence electrons. The summed E-state index contributed by atoms with van der Waals surface area (Å²) in [7, 11) is 0. The van der Waals surface area contributed by atoms with Crippen molar-refractivity contribution in [3.05, 3.63) is 29.3 Å². The summed E-state index contributed by atoms with van der Waals surface area (Å²) in [5.41, 5.74) is 2.25. The minimum absolute atomic E-state index is 0.171. The van der Waals surface area contributed by atoms with Crippen LogP contribution in [0.5, 0.6) is 0 Å². The molecule has 1 aliphatic heterocycles. The molecular formula is C15H22N2O3. The molecule has 0 atom stereocenters. The molecule has 0 saturated carbocycles. The Hall–Kier alpha value is -1.59. The molecule has 1 aliphatic rings. The zero-order chi connectivity index (χ0) is 14.5. The van der Waals surface area contributed by atoms with Crippen molar-refractivity contribution in [3.8, 4) is 0 Å². The van der Waals surface area contributed by atoms with Crippen molar-refractivity contribution in [3.63, 3.8) is 0 Å². The molecule has 0 aliphatic carbocycles. The Morgan fingerprint density at radius 2 is 2.05 bits per heavy atom. The van der Waals surface area contributed by atoms with Crippen LogP contribution in [-0.4, -0.2) is 60.4 Å². The maximum Gasteiger partial charge on any atom is 0.337 e. The van der Waals surface area contributed by atoms with Gasteiger partial charge in [-0.3, -0.25) is 4.90 Å². The van der Waals surface area contributed by atoms with Crippen molar-refractivity contribution in [1.29, 1.82) is 0 Å². The lowest BCUT2D eigenvalue weighted by Gasteiger charge is -2.25. The first kappa shape index (κ1) is 14.8. The third kappa shape index (κ3) is 3.49. The fourth-order valence-electron chi connectivity index (χ4n) is 2.66. The zero-order valence-electron chi connectivity index (χ0n) is 11.9. The minimum Gasteiger partial charge on any atom is -0.478 e. The van der Waals surface area contributed by atoms with Gasteiger partial charge in [-0.1, -0.05) is 6.07 Å². The van der Waals surface area contributed by atoms with Crippen molar-refractivity contribution in [2.24, 2.45) is 0 Å². The highest BCUT2D eigenvalue weighted by Gasteiger charge is 2.19. The Labute approximate surface area is 119 Å². The van der Waals surface area contributed by atoms with E-state index < -0.39 is 5.97 Å². The van der Waals surface area contributed by atoms with Crippen LogP contribution >= 0.6 is 0 Å². The second kappa shape index (κ2) is 6.72. The van der Waals surface area contributed by atoms with Crippen LogP contribution in [0.15, 0.2) is 18.2 Å². The molecule has 5 nitrogen and oxygen atoms in total. The predicted molar refractivity (Wildman–Crippen MR) is 78.5 cm³/mol. The van der Waals surface area contributed by atoms with E-state index in [0.717, 1.165) is 43.9 Å². The molecule has 0 spiro atoms. The molecular weight excluding hydrogens is 256 g/mol. The number of aliphatic hydroxyl groups excluding tert-OH is 1. The predicted octanol–water partition coefficient (Wildman–Crippen LogP) is 1.20. The van der Waals surface area contributed by atoms with E-state index in [4.69, 9.17) is 5.11 Å². The Bertz CT molecular complexity index is 476. The van der Waals surface area contributed by atoms with Gasteiger partial charge in [0.1, 0.15) is 0 Å². The molecule has 1 fully saturated rings. The quantitative estimate of drug-likeness (QED) is 0.866. The number of carbonyl (C=O) groups is 1. The molecule has 2 rings (SSSR count). The number of anilines is 1. The summed E-state index contributed by atoms with van der Waals surface area (Å²) < 4.78 is 0. The van der Waals surface area contributed by atoms with Gasteiger partial charge in [0.05, 0.1) is 17.9 Å². The molecule has 0 radical (unpaired) electrons. The Balaban J connectivity index is 2.18. The summed E-state index contributed by atoms with van der Waals surface area (Å²) in [4.78, 5) is 15.7. The van der Waals surface area contributed by atoms with Crippen molar-refractivity contribution >= 4 is 11.7 Å². The van der Waals surface area contributed by atoms with Gasteiger partial charge in [0.25, 0.3) is 0 Å². The minimum atomic E-state index is -0.878. The van der Waals surface area contributed by atoms with E-state index in [1.807, 2.05) is 19.1 Å². The van der Waals surface area contributed by atoms with Crippen LogP contribution in [0.3, 0.4) is 0 Å². The Morgan fingerprint density at radius 3 is 2.75 bits per heavy atom. The molecule has 2 N–H and O–H groups in total. The Morgan fingerprint density at radius 1 is 1.25 bits per heavy atom. The van der Waals surface area contributed by atoms with Crippen LogP contribution in [0.25, 0.3) is 0 Å². The number of rotatable bonds is 4. The van der Waals surface area contributed by atoms with Crippen LogP contribution in [-0.2, 0) is 0 Å². The summed E-state index contributed by atoms with van der Waals surface area (Å²) >= 11 is 0. The maximum absolute atomic E-state index is 11.4. The first-order valence-electron chi connectivity index (χ1n) is 7.04. The molecule has 1 aromatic carbocycles. The molecule has 0 unspecified atom stereocenters. The molecule has 0 amide bonds. The van der Waals surface area contributed by atoms with Crippen molar-refractivity contribution in [2.75, 3.05) is 44.2 Å². The number of carboxylic acid groups (broad SMARTS) is 1. The van der Waals surface area contributed by atoms with Gasteiger partial charge >= 0.3 is 5.97 Å². The van der Waals surface area contributed by atoms with E-state index in [0.29, 0.717) is 12.1 Å². The van der Waals surface area contributed by atoms with Gasteiger partial charge in [0.15, 0.2) is 0 Å². The van der Waals surface area contributed by atoms with Crippen molar-refractivity contribution in [1.82, 2.24) is 4.90 Å². The van der Waals surface area contributed by atoms with Gasteiger partial charge in [-0.05, 0) is 37.6 Å². The largest absolute Gasteiger partial charge is 0.478 e. The molecule has 1 heterocycles.